The topological polar surface area (TPSA) is 68.0 Å². The van der Waals surface area contributed by atoms with Crippen LogP contribution in [-0.4, -0.2) is 10.9 Å². The number of aromatic nitrogens is 1. The first-order chi connectivity index (χ1) is 8.58. The molecule has 0 saturated heterocycles. The third-order valence-corrected chi connectivity index (χ3v) is 2.83. The van der Waals surface area contributed by atoms with Crippen molar-refractivity contribution in [2.45, 2.75) is 0 Å². The summed E-state index contributed by atoms with van der Waals surface area (Å²) in [5, 5.41) is 3.32. The Morgan fingerprint density at radius 1 is 1.11 bits per heavy atom. The number of carbonyl (C=O) groups excluding carboxylic acids is 1. The van der Waals surface area contributed by atoms with Gasteiger partial charge in [-0.25, -0.2) is 4.98 Å². The molecule has 0 aliphatic heterocycles. The fraction of sp³-hybridized carbons (Fsp3) is 0. The average molecular weight is 282 g/mol. The van der Waals surface area contributed by atoms with Crippen LogP contribution in [0.3, 0.4) is 0 Å². The molecule has 2 rings (SSSR count). The number of hydrogen-bond donors (Lipinski definition) is 2. The number of nitrogens with two attached hydrogens (primary N) is 1. The van der Waals surface area contributed by atoms with Crippen molar-refractivity contribution in [2.75, 3.05) is 11.1 Å². The first-order valence-electron chi connectivity index (χ1n) is 5.06. The van der Waals surface area contributed by atoms with Gasteiger partial charge in [-0.05, 0) is 24.3 Å². The quantitative estimate of drug-likeness (QED) is 0.888. The summed E-state index contributed by atoms with van der Waals surface area (Å²) in [6, 6.07) is 9.76. The number of hydrogen-bond acceptors (Lipinski definition) is 3. The van der Waals surface area contributed by atoms with Crippen molar-refractivity contribution in [1.29, 1.82) is 0 Å². The first kappa shape index (κ1) is 12.7. The summed E-state index contributed by atoms with van der Waals surface area (Å²) in [4.78, 5) is 15.8. The summed E-state index contributed by atoms with van der Waals surface area (Å²) in [5.41, 5.74) is 6.06. The molecule has 0 bridgehead atoms. The first-order valence-corrected chi connectivity index (χ1v) is 5.81. The lowest BCUT2D eigenvalue weighted by atomic mass is 10.3. The summed E-state index contributed by atoms with van der Waals surface area (Å²) in [6.45, 7) is 0. The van der Waals surface area contributed by atoms with E-state index in [9.17, 15) is 4.79 Å². The highest BCUT2D eigenvalue weighted by Gasteiger charge is 2.12. The molecule has 1 heterocycles. The summed E-state index contributed by atoms with van der Waals surface area (Å²) in [7, 11) is 0. The highest BCUT2D eigenvalue weighted by Crippen LogP contribution is 2.30. The molecular formula is C12H9Cl2N3O. The van der Waals surface area contributed by atoms with E-state index in [4.69, 9.17) is 28.9 Å². The molecule has 1 amide bonds. The van der Waals surface area contributed by atoms with E-state index in [0.29, 0.717) is 15.7 Å². The van der Waals surface area contributed by atoms with Crippen LogP contribution in [0.5, 0.6) is 0 Å². The number of nitrogen functional groups attached to an aromatic ring is 1. The lowest BCUT2D eigenvalue weighted by molar-refractivity contribution is 0.102. The van der Waals surface area contributed by atoms with E-state index in [0.717, 1.165) is 0 Å². The van der Waals surface area contributed by atoms with Crippen LogP contribution in [0.25, 0.3) is 0 Å². The van der Waals surface area contributed by atoms with E-state index in [1.165, 1.54) is 0 Å². The molecule has 0 fully saturated rings. The number of rotatable bonds is 2. The number of carbonyl (C=O) groups is 1. The van der Waals surface area contributed by atoms with Gasteiger partial charge in [0.1, 0.15) is 11.5 Å². The van der Waals surface area contributed by atoms with Gasteiger partial charge in [0.05, 0.1) is 15.7 Å². The second-order valence-corrected chi connectivity index (χ2v) is 4.31. The van der Waals surface area contributed by atoms with Gasteiger partial charge >= 0.3 is 0 Å². The predicted octanol–water partition coefficient (Wildman–Crippen LogP) is 3.22. The minimum Gasteiger partial charge on any atom is -0.384 e. The largest absolute Gasteiger partial charge is 0.384 e. The molecule has 0 aliphatic rings. The van der Waals surface area contributed by atoms with E-state index in [2.05, 4.69) is 10.3 Å². The minimum atomic E-state index is -0.419. The Kier molecular flexibility index (Phi) is 3.69. The van der Waals surface area contributed by atoms with Gasteiger partial charge in [-0.2, -0.15) is 0 Å². The highest BCUT2D eigenvalue weighted by atomic mass is 35.5. The third kappa shape index (κ3) is 2.72. The van der Waals surface area contributed by atoms with Crippen molar-refractivity contribution < 1.29 is 4.79 Å². The number of para-hydroxylation sites is 1. The average Bonchev–Trinajstić information content (AvgIpc) is 2.34. The Hall–Kier alpha value is -1.78. The molecular weight excluding hydrogens is 273 g/mol. The molecule has 3 N–H and O–H groups in total. The SMILES string of the molecule is Nc1cccc(C(=O)Nc2c(Cl)cccc2Cl)n1. The van der Waals surface area contributed by atoms with Crippen LogP contribution >= 0.6 is 23.2 Å². The highest BCUT2D eigenvalue weighted by molar-refractivity contribution is 6.39. The maximum atomic E-state index is 11.9. The molecule has 6 heteroatoms. The van der Waals surface area contributed by atoms with E-state index in [1.54, 1.807) is 36.4 Å². The van der Waals surface area contributed by atoms with Gasteiger partial charge in [-0.3, -0.25) is 4.79 Å². The van der Waals surface area contributed by atoms with Gasteiger partial charge in [-0.1, -0.05) is 35.3 Å². The van der Waals surface area contributed by atoms with E-state index < -0.39 is 5.91 Å². The molecule has 1 aromatic heterocycles. The van der Waals surface area contributed by atoms with Crippen LogP contribution in [0.4, 0.5) is 11.5 Å². The van der Waals surface area contributed by atoms with Gasteiger partial charge in [0.15, 0.2) is 0 Å². The summed E-state index contributed by atoms with van der Waals surface area (Å²) in [6.07, 6.45) is 0. The summed E-state index contributed by atoms with van der Waals surface area (Å²) >= 11 is 11.9. The van der Waals surface area contributed by atoms with Crippen molar-refractivity contribution in [3.8, 4) is 0 Å². The van der Waals surface area contributed by atoms with Crippen LogP contribution < -0.4 is 11.1 Å². The molecule has 0 aliphatic carbocycles. The Morgan fingerprint density at radius 2 is 1.72 bits per heavy atom. The Morgan fingerprint density at radius 3 is 2.33 bits per heavy atom. The predicted molar refractivity (Wildman–Crippen MR) is 73.1 cm³/mol. The van der Waals surface area contributed by atoms with Gasteiger partial charge in [0.25, 0.3) is 5.91 Å². The maximum Gasteiger partial charge on any atom is 0.274 e. The number of amides is 1. The van der Waals surface area contributed by atoms with Gasteiger partial charge in [0.2, 0.25) is 0 Å². The number of pyridine rings is 1. The van der Waals surface area contributed by atoms with Crippen molar-refractivity contribution in [3.05, 3.63) is 52.1 Å². The van der Waals surface area contributed by atoms with Gasteiger partial charge < -0.3 is 11.1 Å². The second kappa shape index (κ2) is 5.25. The van der Waals surface area contributed by atoms with E-state index in [1.807, 2.05) is 0 Å². The van der Waals surface area contributed by atoms with Crippen LogP contribution in [0.15, 0.2) is 36.4 Å². The van der Waals surface area contributed by atoms with Crippen molar-refractivity contribution in [2.24, 2.45) is 0 Å². The van der Waals surface area contributed by atoms with Crippen LogP contribution in [0.1, 0.15) is 10.5 Å². The zero-order valence-electron chi connectivity index (χ0n) is 9.15. The minimum absolute atomic E-state index is 0.200. The normalized spacial score (nSPS) is 10.1. The molecule has 0 saturated carbocycles. The van der Waals surface area contributed by atoms with E-state index >= 15 is 0 Å². The van der Waals surface area contributed by atoms with Crippen LogP contribution in [0, 0.1) is 0 Å². The standard InChI is InChI=1S/C12H9Cl2N3O/c13-7-3-1-4-8(14)11(7)17-12(18)9-5-2-6-10(15)16-9/h1-6H,(H2,15,16)(H,17,18). The number of halogens is 2. The molecule has 0 unspecified atom stereocenters. The molecule has 4 nitrogen and oxygen atoms in total. The molecule has 0 spiro atoms. The number of nitrogens with one attached hydrogen (secondary N) is 1. The van der Waals surface area contributed by atoms with Crippen molar-refractivity contribution >= 4 is 40.6 Å². The maximum absolute atomic E-state index is 11.9. The molecule has 2 aromatic rings. The number of nitrogens with zero attached hydrogens (tertiary/aromatic N) is 1. The molecule has 18 heavy (non-hydrogen) atoms. The smallest absolute Gasteiger partial charge is 0.274 e. The molecule has 0 atom stereocenters. The molecule has 92 valence electrons. The monoisotopic (exact) mass is 281 g/mol. The van der Waals surface area contributed by atoms with Crippen LogP contribution in [-0.2, 0) is 0 Å². The zero-order chi connectivity index (χ0) is 13.1. The Balaban J connectivity index is 2.27. The molecule has 1 aromatic carbocycles. The molecule has 0 radical (unpaired) electrons. The van der Waals surface area contributed by atoms with Crippen molar-refractivity contribution in [1.82, 2.24) is 4.98 Å². The van der Waals surface area contributed by atoms with E-state index in [-0.39, 0.29) is 11.5 Å². The fourth-order valence-corrected chi connectivity index (χ4v) is 1.86. The summed E-state index contributed by atoms with van der Waals surface area (Å²) in [5.74, 6) is -0.148. The number of benzene rings is 1. The zero-order valence-corrected chi connectivity index (χ0v) is 10.7. The second-order valence-electron chi connectivity index (χ2n) is 3.50. The fourth-order valence-electron chi connectivity index (χ4n) is 1.37. The third-order valence-electron chi connectivity index (χ3n) is 2.20. The summed E-state index contributed by atoms with van der Waals surface area (Å²) < 4.78 is 0. The van der Waals surface area contributed by atoms with Crippen molar-refractivity contribution in [3.63, 3.8) is 0 Å². The number of anilines is 2. The van der Waals surface area contributed by atoms with Gasteiger partial charge in [-0.15, -0.1) is 0 Å². The Labute approximate surface area is 114 Å². The Bertz CT molecular complexity index is 581. The lowest BCUT2D eigenvalue weighted by Gasteiger charge is -2.08. The van der Waals surface area contributed by atoms with Gasteiger partial charge in [0, 0.05) is 0 Å². The van der Waals surface area contributed by atoms with Crippen LogP contribution in [0.2, 0.25) is 10.0 Å². The lowest BCUT2D eigenvalue weighted by Crippen LogP contribution is -2.14.